The highest BCUT2D eigenvalue weighted by Gasteiger charge is 2.42. The van der Waals surface area contributed by atoms with Crippen molar-refractivity contribution < 1.29 is 4.79 Å². The van der Waals surface area contributed by atoms with Gasteiger partial charge in [0.15, 0.2) is 0 Å². The molecular weight excluding hydrogens is 214 g/mol. The maximum absolute atomic E-state index is 12.2. The first-order chi connectivity index (χ1) is 7.58. The van der Waals surface area contributed by atoms with Gasteiger partial charge in [0.2, 0.25) is 0 Å². The van der Waals surface area contributed by atoms with E-state index in [1.165, 1.54) is 0 Å². The monoisotopic (exact) mass is 241 g/mol. The Morgan fingerprint density at radius 1 is 1.29 bits per heavy atom. The first kappa shape index (κ1) is 14.3. The minimum atomic E-state index is -0.0106. The Morgan fingerprint density at radius 3 is 2.18 bits per heavy atom. The molecule has 0 spiro atoms. The van der Waals surface area contributed by atoms with Crippen LogP contribution >= 0.6 is 0 Å². The van der Waals surface area contributed by atoms with E-state index in [4.69, 9.17) is 5.73 Å². The molecule has 2 N–H and O–H groups in total. The van der Waals surface area contributed by atoms with Gasteiger partial charge < -0.3 is 15.5 Å². The van der Waals surface area contributed by atoms with Gasteiger partial charge in [-0.1, -0.05) is 34.6 Å². The van der Waals surface area contributed by atoms with Crippen molar-refractivity contribution in [3.05, 3.63) is 0 Å². The fourth-order valence-electron chi connectivity index (χ4n) is 2.33. The predicted octanol–water partition coefficient (Wildman–Crippen LogP) is 1.75. The first-order valence-corrected chi connectivity index (χ1v) is 6.30. The molecule has 4 heteroatoms. The highest BCUT2D eigenvalue weighted by molar-refractivity contribution is 5.77. The maximum Gasteiger partial charge on any atom is 0.320 e. The molecule has 0 aliphatic carbocycles. The molecule has 0 aromatic rings. The van der Waals surface area contributed by atoms with Gasteiger partial charge in [-0.25, -0.2) is 4.79 Å². The summed E-state index contributed by atoms with van der Waals surface area (Å²) in [7, 11) is 1.90. The van der Waals surface area contributed by atoms with E-state index < -0.39 is 0 Å². The summed E-state index contributed by atoms with van der Waals surface area (Å²) >= 11 is 0. The Kier molecular flexibility index (Phi) is 3.77. The molecule has 1 atom stereocenters. The van der Waals surface area contributed by atoms with Crippen molar-refractivity contribution in [1.82, 2.24) is 9.80 Å². The van der Waals surface area contributed by atoms with Crippen molar-refractivity contribution >= 4 is 6.03 Å². The van der Waals surface area contributed by atoms with Crippen molar-refractivity contribution in [2.75, 3.05) is 26.7 Å². The molecule has 1 unspecified atom stereocenters. The second-order valence-electron chi connectivity index (χ2n) is 7.02. The molecule has 1 aliphatic rings. The third kappa shape index (κ3) is 3.12. The van der Waals surface area contributed by atoms with Gasteiger partial charge in [0.05, 0.1) is 6.04 Å². The number of amides is 2. The van der Waals surface area contributed by atoms with Crippen LogP contribution in [0.3, 0.4) is 0 Å². The van der Waals surface area contributed by atoms with Crippen molar-refractivity contribution in [2.24, 2.45) is 16.6 Å². The van der Waals surface area contributed by atoms with Crippen LogP contribution in [0.5, 0.6) is 0 Å². The molecule has 100 valence electrons. The molecule has 1 rings (SSSR count). The molecule has 0 bridgehead atoms. The predicted molar refractivity (Wildman–Crippen MR) is 70.8 cm³/mol. The zero-order valence-electron chi connectivity index (χ0n) is 12.1. The summed E-state index contributed by atoms with van der Waals surface area (Å²) in [6.07, 6.45) is 0. The number of hydrogen-bond donors (Lipinski definition) is 1. The van der Waals surface area contributed by atoms with Gasteiger partial charge in [-0.15, -0.1) is 0 Å². The van der Waals surface area contributed by atoms with Crippen LogP contribution in [0, 0.1) is 10.8 Å². The van der Waals surface area contributed by atoms with Gasteiger partial charge in [0.25, 0.3) is 0 Å². The minimum Gasteiger partial charge on any atom is -0.330 e. The van der Waals surface area contributed by atoms with Crippen molar-refractivity contribution in [1.29, 1.82) is 0 Å². The van der Waals surface area contributed by atoms with E-state index in [9.17, 15) is 4.79 Å². The summed E-state index contributed by atoms with van der Waals surface area (Å²) in [6.45, 7) is 12.9. The number of likely N-dealkylation sites (N-methyl/N-ethyl adjacent to an activating group) is 1. The van der Waals surface area contributed by atoms with E-state index in [1.54, 1.807) is 0 Å². The fraction of sp³-hybridized carbons (Fsp3) is 0.923. The molecule has 1 aliphatic heterocycles. The number of nitrogens with two attached hydrogens (primary N) is 1. The van der Waals surface area contributed by atoms with Crippen LogP contribution in [0.2, 0.25) is 0 Å². The lowest BCUT2D eigenvalue weighted by atomic mass is 9.86. The standard InChI is InChI=1S/C13H27N3O/c1-12(2,3)10-7-16(11(17)15(10)6)9-13(4,5)8-14/h10H,7-9,14H2,1-6H3. The van der Waals surface area contributed by atoms with Gasteiger partial charge in [-0.05, 0) is 17.4 Å². The number of rotatable bonds is 3. The highest BCUT2D eigenvalue weighted by atomic mass is 16.2. The van der Waals surface area contributed by atoms with Crippen LogP contribution in [-0.4, -0.2) is 48.6 Å². The zero-order chi connectivity index (χ0) is 13.4. The topological polar surface area (TPSA) is 49.6 Å². The molecule has 0 saturated carbocycles. The van der Waals surface area contributed by atoms with E-state index in [1.807, 2.05) is 16.8 Å². The quantitative estimate of drug-likeness (QED) is 0.818. The molecule has 1 heterocycles. The molecule has 2 amide bonds. The van der Waals surface area contributed by atoms with Crippen LogP contribution in [0.1, 0.15) is 34.6 Å². The third-order valence-corrected chi connectivity index (χ3v) is 3.60. The van der Waals surface area contributed by atoms with E-state index in [-0.39, 0.29) is 22.9 Å². The smallest absolute Gasteiger partial charge is 0.320 e. The van der Waals surface area contributed by atoms with Crippen LogP contribution in [0.4, 0.5) is 4.79 Å². The Bertz CT molecular complexity index is 294. The SMILES string of the molecule is CN1C(=O)N(CC(C)(C)CN)CC1C(C)(C)C. The molecule has 4 nitrogen and oxygen atoms in total. The molecule has 17 heavy (non-hydrogen) atoms. The van der Waals surface area contributed by atoms with Gasteiger partial charge in [0.1, 0.15) is 0 Å². The number of nitrogens with zero attached hydrogens (tertiary/aromatic N) is 2. The number of urea groups is 1. The summed E-state index contributed by atoms with van der Waals surface area (Å²) < 4.78 is 0. The Morgan fingerprint density at radius 2 is 1.82 bits per heavy atom. The lowest BCUT2D eigenvalue weighted by molar-refractivity contribution is 0.169. The second kappa shape index (κ2) is 4.48. The Balaban J connectivity index is 2.76. The normalized spacial score (nSPS) is 22.5. The molecule has 0 radical (unpaired) electrons. The molecule has 0 aromatic heterocycles. The lowest BCUT2D eigenvalue weighted by Gasteiger charge is -2.31. The average molecular weight is 241 g/mol. The van der Waals surface area contributed by atoms with Crippen molar-refractivity contribution in [3.63, 3.8) is 0 Å². The zero-order valence-corrected chi connectivity index (χ0v) is 12.1. The molecule has 1 fully saturated rings. The van der Waals surface area contributed by atoms with Gasteiger partial charge in [-0.3, -0.25) is 0 Å². The van der Waals surface area contributed by atoms with Gasteiger partial charge >= 0.3 is 6.03 Å². The molecular formula is C13H27N3O. The lowest BCUT2D eigenvalue weighted by Crippen LogP contribution is -2.40. The van der Waals surface area contributed by atoms with E-state index >= 15 is 0 Å². The van der Waals surface area contributed by atoms with E-state index in [0.717, 1.165) is 13.1 Å². The molecule has 1 saturated heterocycles. The maximum atomic E-state index is 12.2. The first-order valence-electron chi connectivity index (χ1n) is 6.30. The summed E-state index contributed by atoms with van der Waals surface area (Å²) in [5.74, 6) is 0. The summed E-state index contributed by atoms with van der Waals surface area (Å²) in [5.41, 5.74) is 5.84. The largest absolute Gasteiger partial charge is 0.330 e. The fourth-order valence-corrected chi connectivity index (χ4v) is 2.33. The summed E-state index contributed by atoms with van der Waals surface area (Å²) in [6, 6.07) is 0.412. The van der Waals surface area contributed by atoms with Crippen molar-refractivity contribution in [2.45, 2.75) is 40.7 Å². The number of hydrogen-bond acceptors (Lipinski definition) is 2. The van der Waals surface area contributed by atoms with Crippen molar-refractivity contribution in [3.8, 4) is 0 Å². The Hall–Kier alpha value is -0.770. The number of carbonyl (C=O) groups excluding carboxylic acids is 1. The van der Waals surface area contributed by atoms with E-state index in [0.29, 0.717) is 6.54 Å². The van der Waals surface area contributed by atoms with Crippen LogP contribution in [-0.2, 0) is 0 Å². The summed E-state index contributed by atoms with van der Waals surface area (Å²) in [5, 5.41) is 0. The molecule has 0 aromatic carbocycles. The van der Waals surface area contributed by atoms with Gasteiger partial charge in [-0.2, -0.15) is 0 Å². The minimum absolute atomic E-state index is 0.0106. The van der Waals surface area contributed by atoms with Crippen LogP contribution in [0.15, 0.2) is 0 Å². The van der Waals surface area contributed by atoms with Crippen LogP contribution < -0.4 is 5.73 Å². The third-order valence-electron chi connectivity index (χ3n) is 3.60. The van der Waals surface area contributed by atoms with Crippen LogP contribution in [0.25, 0.3) is 0 Å². The number of carbonyl (C=O) groups is 1. The second-order valence-corrected chi connectivity index (χ2v) is 7.02. The highest BCUT2D eigenvalue weighted by Crippen LogP contribution is 2.31. The average Bonchev–Trinajstić information content (AvgIpc) is 2.45. The van der Waals surface area contributed by atoms with Gasteiger partial charge in [0, 0.05) is 20.1 Å². The summed E-state index contributed by atoms with van der Waals surface area (Å²) in [4.78, 5) is 16.0. The Labute approximate surface area is 105 Å². The van der Waals surface area contributed by atoms with E-state index in [2.05, 4.69) is 34.6 Å².